The van der Waals surface area contributed by atoms with Crippen LogP contribution in [0.3, 0.4) is 0 Å². The Kier molecular flexibility index (Phi) is 3.41. The van der Waals surface area contributed by atoms with Crippen LogP contribution in [0.4, 0.5) is 0 Å². The molecule has 4 heteroatoms. The topological polar surface area (TPSA) is 47.0 Å². The van der Waals surface area contributed by atoms with Crippen molar-refractivity contribution in [1.29, 1.82) is 0 Å². The fraction of sp³-hybridized carbons (Fsp3) is 0.300. The first-order chi connectivity index (χ1) is 6.54. The Morgan fingerprint density at radius 1 is 1.43 bits per heavy atom. The number of aromatic nitrogens is 1. The first-order valence-electron chi connectivity index (χ1n) is 4.30. The maximum atomic E-state index is 11.1. The van der Waals surface area contributed by atoms with Gasteiger partial charge >= 0.3 is 0 Å². The molecule has 0 saturated heterocycles. The molecule has 0 fully saturated rings. The number of hydrogen-bond acceptors (Lipinski definition) is 3. The zero-order valence-corrected chi connectivity index (χ0v) is 9.08. The molecule has 0 aliphatic carbocycles. The fourth-order valence-electron chi connectivity index (χ4n) is 0.990. The fourth-order valence-corrected chi connectivity index (χ4v) is 1.55. The molecule has 1 aromatic rings. The van der Waals surface area contributed by atoms with Gasteiger partial charge in [-0.1, -0.05) is 12.2 Å². The zero-order valence-electron chi connectivity index (χ0n) is 8.27. The Balaban J connectivity index is 2.89. The molecule has 0 spiro atoms. The molecule has 14 heavy (non-hydrogen) atoms. The minimum atomic E-state index is -3.12. The Morgan fingerprint density at radius 3 is 2.57 bits per heavy atom. The van der Waals surface area contributed by atoms with Gasteiger partial charge in [0.25, 0.3) is 0 Å². The maximum absolute atomic E-state index is 11.1. The van der Waals surface area contributed by atoms with Crippen LogP contribution in [0.2, 0.25) is 0 Å². The molecule has 0 bridgehead atoms. The Bertz CT molecular complexity index is 418. The van der Waals surface area contributed by atoms with Gasteiger partial charge in [-0.05, 0) is 19.1 Å². The molecule has 1 heterocycles. The Morgan fingerprint density at radius 2 is 2.14 bits per heavy atom. The molecule has 0 aliphatic heterocycles. The average molecular weight is 211 g/mol. The van der Waals surface area contributed by atoms with Crippen molar-refractivity contribution in [3.8, 4) is 0 Å². The number of pyridine rings is 1. The van der Waals surface area contributed by atoms with Gasteiger partial charge in [0, 0.05) is 24.6 Å². The van der Waals surface area contributed by atoms with E-state index < -0.39 is 9.84 Å². The number of hydrogen-bond donors (Lipinski definition) is 0. The number of rotatable bonds is 3. The van der Waals surface area contributed by atoms with Gasteiger partial charge in [0.2, 0.25) is 0 Å². The van der Waals surface area contributed by atoms with Crippen LogP contribution in [0.1, 0.15) is 12.6 Å². The van der Waals surface area contributed by atoms with Crippen LogP contribution < -0.4 is 0 Å². The second-order valence-electron chi connectivity index (χ2n) is 3.03. The van der Waals surface area contributed by atoms with Crippen LogP contribution in [-0.4, -0.2) is 19.7 Å². The molecule has 0 radical (unpaired) electrons. The van der Waals surface area contributed by atoms with E-state index in [0.29, 0.717) is 0 Å². The summed E-state index contributed by atoms with van der Waals surface area (Å²) >= 11 is 0. The van der Waals surface area contributed by atoms with Crippen LogP contribution in [0, 0.1) is 0 Å². The van der Waals surface area contributed by atoms with Gasteiger partial charge in [-0.15, -0.1) is 0 Å². The Hall–Kier alpha value is -1.16. The van der Waals surface area contributed by atoms with Gasteiger partial charge in [0.15, 0.2) is 9.84 Å². The van der Waals surface area contributed by atoms with Crippen LogP contribution in [0.15, 0.2) is 35.4 Å². The molecule has 3 nitrogen and oxygen atoms in total. The number of nitrogens with zero attached hydrogens (tertiary/aromatic N) is 1. The predicted molar refractivity (Wildman–Crippen MR) is 55.9 cm³/mol. The smallest absolute Gasteiger partial charge is 0.177 e. The summed E-state index contributed by atoms with van der Waals surface area (Å²) in [6.45, 7) is 1.94. The molecule has 0 amide bonds. The first kappa shape index (κ1) is 10.9. The molecule has 0 N–H and O–H groups in total. The van der Waals surface area contributed by atoms with Crippen LogP contribution in [-0.2, 0) is 16.3 Å². The zero-order chi connectivity index (χ0) is 10.6. The number of allylic oxidation sites excluding steroid dienone is 2. The van der Waals surface area contributed by atoms with Gasteiger partial charge in [0.05, 0.1) is 4.90 Å². The Labute approximate surface area is 84.4 Å². The molecular weight excluding hydrogens is 198 g/mol. The normalized spacial score (nSPS) is 12.1. The average Bonchev–Trinajstić information content (AvgIpc) is 2.14. The highest BCUT2D eigenvalue weighted by atomic mass is 32.2. The third-order valence-electron chi connectivity index (χ3n) is 1.79. The van der Waals surface area contributed by atoms with Crippen molar-refractivity contribution in [1.82, 2.24) is 4.98 Å². The summed E-state index contributed by atoms with van der Waals surface area (Å²) in [5.74, 6) is 0. The van der Waals surface area contributed by atoms with E-state index >= 15 is 0 Å². The summed E-state index contributed by atoms with van der Waals surface area (Å²) in [6.07, 6.45) is 7.22. The van der Waals surface area contributed by atoms with Crippen LogP contribution in [0.25, 0.3) is 0 Å². The summed E-state index contributed by atoms with van der Waals surface area (Å²) in [5.41, 5.74) is 0.871. The molecule has 0 aliphatic rings. The largest absolute Gasteiger partial charge is 0.260 e. The van der Waals surface area contributed by atoms with Crippen molar-refractivity contribution in [3.05, 3.63) is 36.2 Å². The van der Waals surface area contributed by atoms with Crippen LogP contribution >= 0.6 is 0 Å². The van der Waals surface area contributed by atoms with E-state index in [1.807, 2.05) is 19.1 Å². The second-order valence-corrected chi connectivity index (χ2v) is 5.05. The lowest BCUT2D eigenvalue weighted by atomic mass is 10.2. The molecule has 1 rings (SSSR count). The molecule has 1 aromatic heterocycles. The van der Waals surface area contributed by atoms with Crippen molar-refractivity contribution in [2.24, 2.45) is 0 Å². The first-order valence-corrected chi connectivity index (χ1v) is 6.19. The van der Waals surface area contributed by atoms with Crippen molar-refractivity contribution < 1.29 is 8.42 Å². The molecule has 0 aromatic carbocycles. The SMILES string of the molecule is CC=CCc1ccc(S(C)(=O)=O)cn1. The monoisotopic (exact) mass is 211 g/mol. The highest BCUT2D eigenvalue weighted by Gasteiger charge is 2.06. The standard InChI is InChI=1S/C10H13NO2S/c1-3-4-5-9-6-7-10(8-11-9)14(2,12)13/h3-4,6-8H,5H2,1-2H3. The van der Waals surface area contributed by atoms with Crippen molar-refractivity contribution in [2.75, 3.05) is 6.26 Å². The van der Waals surface area contributed by atoms with E-state index in [4.69, 9.17) is 0 Å². The van der Waals surface area contributed by atoms with Gasteiger partial charge in [-0.3, -0.25) is 4.98 Å². The summed E-state index contributed by atoms with van der Waals surface area (Å²) in [4.78, 5) is 4.32. The van der Waals surface area contributed by atoms with E-state index in [1.165, 1.54) is 12.5 Å². The van der Waals surface area contributed by atoms with E-state index in [9.17, 15) is 8.42 Å². The van der Waals surface area contributed by atoms with Gasteiger partial charge in [0.1, 0.15) is 0 Å². The lowest BCUT2D eigenvalue weighted by Crippen LogP contribution is -1.98. The van der Waals surface area contributed by atoms with Crippen molar-refractivity contribution in [3.63, 3.8) is 0 Å². The molecule has 76 valence electrons. The highest BCUT2D eigenvalue weighted by molar-refractivity contribution is 7.90. The third kappa shape index (κ3) is 2.96. The summed E-state index contributed by atoms with van der Waals surface area (Å²) in [7, 11) is -3.12. The summed E-state index contributed by atoms with van der Waals surface area (Å²) in [5, 5.41) is 0. The quantitative estimate of drug-likeness (QED) is 0.713. The molecule has 0 atom stereocenters. The lowest BCUT2D eigenvalue weighted by Gasteiger charge is -1.98. The third-order valence-corrected chi connectivity index (χ3v) is 2.89. The van der Waals surface area contributed by atoms with Gasteiger partial charge < -0.3 is 0 Å². The molecule has 0 unspecified atom stereocenters. The minimum Gasteiger partial charge on any atom is -0.260 e. The van der Waals surface area contributed by atoms with Gasteiger partial charge in [-0.25, -0.2) is 8.42 Å². The predicted octanol–water partition coefficient (Wildman–Crippen LogP) is 1.60. The van der Waals surface area contributed by atoms with Crippen molar-refractivity contribution >= 4 is 9.84 Å². The van der Waals surface area contributed by atoms with E-state index in [1.54, 1.807) is 12.1 Å². The van der Waals surface area contributed by atoms with E-state index in [2.05, 4.69) is 4.98 Å². The van der Waals surface area contributed by atoms with Gasteiger partial charge in [-0.2, -0.15) is 0 Å². The second kappa shape index (κ2) is 4.37. The summed E-state index contributed by atoms with van der Waals surface area (Å²) in [6, 6.07) is 3.32. The van der Waals surface area contributed by atoms with Crippen molar-refractivity contribution in [2.45, 2.75) is 18.2 Å². The minimum absolute atomic E-state index is 0.265. The lowest BCUT2D eigenvalue weighted by molar-refractivity contribution is 0.601. The highest BCUT2D eigenvalue weighted by Crippen LogP contribution is 2.07. The molecule has 0 saturated carbocycles. The maximum Gasteiger partial charge on any atom is 0.177 e. The van der Waals surface area contributed by atoms with Crippen LogP contribution in [0.5, 0.6) is 0 Å². The number of sulfone groups is 1. The summed E-state index contributed by atoms with van der Waals surface area (Å²) < 4.78 is 22.2. The van der Waals surface area contributed by atoms with E-state index in [0.717, 1.165) is 12.1 Å². The van der Waals surface area contributed by atoms with E-state index in [-0.39, 0.29) is 4.90 Å². The molecular formula is C10H13NO2S.